The largest absolute Gasteiger partial charge is 0.342 e. The summed E-state index contributed by atoms with van der Waals surface area (Å²) in [6.07, 6.45) is 2.06. The van der Waals surface area contributed by atoms with Crippen molar-refractivity contribution in [1.29, 1.82) is 0 Å². The molecule has 1 rings (SSSR count). The molecule has 1 saturated heterocycles. The SMILES string of the molecule is CCS(=O)(=O)NC1CCN(C(=O)C(C)CCN)CC1. The Morgan fingerprint density at radius 2 is 2.00 bits per heavy atom. The van der Waals surface area contributed by atoms with Gasteiger partial charge in [0.25, 0.3) is 0 Å². The first-order valence-electron chi connectivity index (χ1n) is 6.88. The lowest BCUT2D eigenvalue weighted by molar-refractivity contribution is -0.136. The van der Waals surface area contributed by atoms with E-state index in [2.05, 4.69) is 4.72 Å². The van der Waals surface area contributed by atoms with Gasteiger partial charge in [-0.25, -0.2) is 13.1 Å². The first-order chi connectivity index (χ1) is 8.89. The summed E-state index contributed by atoms with van der Waals surface area (Å²) in [7, 11) is -3.15. The van der Waals surface area contributed by atoms with E-state index >= 15 is 0 Å². The number of nitrogens with one attached hydrogen (secondary N) is 1. The number of carbonyl (C=O) groups is 1. The zero-order valence-corrected chi connectivity index (χ0v) is 12.6. The van der Waals surface area contributed by atoms with Crippen LogP contribution in [0.25, 0.3) is 0 Å². The van der Waals surface area contributed by atoms with Crippen LogP contribution in [0.1, 0.15) is 33.1 Å². The van der Waals surface area contributed by atoms with Crippen molar-refractivity contribution in [3.05, 3.63) is 0 Å². The predicted octanol–water partition coefficient (Wildman–Crippen LogP) is -0.0984. The highest BCUT2D eigenvalue weighted by Gasteiger charge is 2.27. The summed E-state index contributed by atoms with van der Waals surface area (Å²) in [5.41, 5.74) is 5.46. The van der Waals surface area contributed by atoms with Crippen molar-refractivity contribution < 1.29 is 13.2 Å². The number of rotatable bonds is 6. The highest BCUT2D eigenvalue weighted by Crippen LogP contribution is 2.15. The van der Waals surface area contributed by atoms with E-state index in [4.69, 9.17) is 5.73 Å². The quantitative estimate of drug-likeness (QED) is 0.715. The lowest BCUT2D eigenvalue weighted by Gasteiger charge is -2.33. The molecular weight excluding hydrogens is 266 g/mol. The number of nitrogens with two attached hydrogens (primary N) is 1. The first-order valence-corrected chi connectivity index (χ1v) is 8.53. The smallest absolute Gasteiger partial charge is 0.225 e. The topological polar surface area (TPSA) is 92.5 Å². The second-order valence-corrected chi connectivity index (χ2v) is 7.14. The van der Waals surface area contributed by atoms with Gasteiger partial charge in [0.15, 0.2) is 0 Å². The van der Waals surface area contributed by atoms with Crippen molar-refractivity contribution in [2.45, 2.75) is 39.2 Å². The summed E-state index contributed by atoms with van der Waals surface area (Å²) < 4.78 is 25.6. The van der Waals surface area contributed by atoms with Crippen molar-refractivity contribution in [3.8, 4) is 0 Å². The Hall–Kier alpha value is -0.660. The molecule has 112 valence electrons. The summed E-state index contributed by atoms with van der Waals surface area (Å²) >= 11 is 0. The molecule has 1 aliphatic rings. The van der Waals surface area contributed by atoms with E-state index < -0.39 is 10.0 Å². The van der Waals surface area contributed by atoms with Crippen LogP contribution in [0.4, 0.5) is 0 Å². The molecule has 0 aromatic carbocycles. The third-order valence-corrected chi connectivity index (χ3v) is 5.01. The molecule has 1 heterocycles. The average molecular weight is 291 g/mol. The predicted molar refractivity (Wildman–Crippen MR) is 75.0 cm³/mol. The van der Waals surface area contributed by atoms with E-state index in [0.29, 0.717) is 38.9 Å². The highest BCUT2D eigenvalue weighted by atomic mass is 32.2. The van der Waals surface area contributed by atoms with Gasteiger partial charge in [0.2, 0.25) is 15.9 Å². The van der Waals surface area contributed by atoms with E-state index in [1.54, 1.807) is 6.92 Å². The Kier molecular flexibility index (Phi) is 6.22. The summed E-state index contributed by atoms with van der Waals surface area (Å²) in [6.45, 7) is 5.26. The second kappa shape index (κ2) is 7.21. The van der Waals surface area contributed by atoms with Crippen LogP contribution >= 0.6 is 0 Å². The molecule has 0 spiro atoms. The Labute approximate surface area is 115 Å². The number of piperidine rings is 1. The number of nitrogens with zero attached hydrogens (tertiary/aromatic N) is 1. The summed E-state index contributed by atoms with van der Waals surface area (Å²) in [6, 6.07) is -0.0428. The molecule has 7 heteroatoms. The van der Waals surface area contributed by atoms with E-state index in [0.717, 1.165) is 0 Å². The number of hydrogen-bond donors (Lipinski definition) is 2. The normalized spacial score (nSPS) is 19.4. The van der Waals surface area contributed by atoms with E-state index in [9.17, 15) is 13.2 Å². The molecule has 0 aromatic rings. The zero-order chi connectivity index (χ0) is 14.5. The van der Waals surface area contributed by atoms with Crippen molar-refractivity contribution in [1.82, 2.24) is 9.62 Å². The Balaban J connectivity index is 2.43. The van der Waals surface area contributed by atoms with Crippen molar-refractivity contribution in [3.63, 3.8) is 0 Å². The molecule has 0 saturated carbocycles. The third kappa shape index (κ3) is 5.08. The van der Waals surface area contributed by atoms with Gasteiger partial charge in [0.1, 0.15) is 0 Å². The molecule has 0 radical (unpaired) electrons. The third-order valence-electron chi connectivity index (χ3n) is 3.55. The molecule has 1 atom stereocenters. The number of hydrogen-bond acceptors (Lipinski definition) is 4. The minimum atomic E-state index is -3.15. The number of carbonyl (C=O) groups excluding carboxylic acids is 1. The number of sulfonamides is 1. The Bertz CT molecular complexity index is 389. The minimum absolute atomic E-state index is 0.0428. The van der Waals surface area contributed by atoms with Gasteiger partial charge >= 0.3 is 0 Å². The maximum absolute atomic E-state index is 12.1. The fraction of sp³-hybridized carbons (Fsp3) is 0.917. The molecule has 0 aliphatic carbocycles. The van der Waals surface area contributed by atoms with Crippen LogP contribution in [-0.4, -0.2) is 50.7 Å². The van der Waals surface area contributed by atoms with Gasteiger partial charge in [-0.2, -0.15) is 0 Å². The van der Waals surface area contributed by atoms with E-state index in [-0.39, 0.29) is 23.6 Å². The molecule has 1 fully saturated rings. The number of amides is 1. The second-order valence-electron chi connectivity index (χ2n) is 5.10. The Morgan fingerprint density at radius 1 is 1.42 bits per heavy atom. The molecule has 1 amide bonds. The molecule has 0 bridgehead atoms. The van der Waals surface area contributed by atoms with Crippen LogP contribution in [0.2, 0.25) is 0 Å². The van der Waals surface area contributed by atoms with Crippen LogP contribution in [0.5, 0.6) is 0 Å². The first kappa shape index (κ1) is 16.4. The monoisotopic (exact) mass is 291 g/mol. The van der Waals surface area contributed by atoms with Crippen molar-refractivity contribution in [2.24, 2.45) is 11.7 Å². The van der Waals surface area contributed by atoms with Gasteiger partial charge in [-0.1, -0.05) is 6.92 Å². The summed E-state index contributed by atoms with van der Waals surface area (Å²) in [4.78, 5) is 13.9. The van der Waals surface area contributed by atoms with Gasteiger partial charge < -0.3 is 10.6 Å². The summed E-state index contributed by atoms with van der Waals surface area (Å²) in [5, 5.41) is 0. The van der Waals surface area contributed by atoms with Crippen LogP contribution in [0, 0.1) is 5.92 Å². The highest BCUT2D eigenvalue weighted by molar-refractivity contribution is 7.89. The van der Waals surface area contributed by atoms with Gasteiger partial charge in [0, 0.05) is 25.0 Å². The maximum Gasteiger partial charge on any atom is 0.225 e. The van der Waals surface area contributed by atoms with Gasteiger partial charge in [-0.15, -0.1) is 0 Å². The van der Waals surface area contributed by atoms with Gasteiger partial charge in [0.05, 0.1) is 5.75 Å². The van der Waals surface area contributed by atoms with Crippen molar-refractivity contribution in [2.75, 3.05) is 25.4 Å². The van der Waals surface area contributed by atoms with E-state index in [1.807, 2.05) is 11.8 Å². The van der Waals surface area contributed by atoms with Gasteiger partial charge in [-0.3, -0.25) is 4.79 Å². The molecule has 19 heavy (non-hydrogen) atoms. The fourth-order valence-corrected chi connectivity index (χ4v) is 3.15. The molecular formula is C12H25N3O3S. The average Bonchev–Trinajstić information content (AvgIpc) is 2.38. The van der Waals surface area contributed by atoms with E-state index in [1.165, 1.54) is 0 Å². The lowest BCUT2D eigenvalue weighted by atomic mass is 10.0. The fourth-order valence-electron chi connectivity index (χ4n) is 2.24. The lowest BCUT2D eigenvalue weighted by Crippen LogP contribution is -2.48. The summed E-state index contributed by atoms with van der Waals surface area (Å²) in [5.74, 6) is 0.177. The van der Waals surface area contributed by atoms with Crippen LogP contribution in [0.3, 0.4) is 0 Å². The van der Waals surface area contributed by atoms with Crippen molar-refractivity contribution >= 4 is 15.9 Å². The molecule has 1 unspecified atom stereocenters. The van der Waals surface area contributed by atoms with Crippen LogP contribution in [0.15, 0.2) is 0 Å². The maximum atomic E-state index is 12.1. The standard InChI is InChI=1S/C12H25N3O3S/c1-3-19(17,18)14-11-5-8-15(9-6-11)12(16)10(2)4-7-13/h10-11,14H,3-9,13H2,1-2H3. The number of likely N-dealkylation sites (tertiary alicyclic amines) is 1. The Morgan fingerprint density at radius 3 is 2.47 bits per heavy atom. The van der Waals surface area contributed by atoms with Crippen LogP contribution < -0.4 is 10.5 Å². The molecule has 0 aromatic heterocycles. The molecule has 3 N–H and O–H groups in total. The van der Waals surface area contributed by atoms with Crippen LogP contribution in [-0.2, 0) is 14.8 Å². The zero-order valence-electron chi connectivity index (χ0n) is 11.8. The van der Waals surface area contributed by atoms with Gasteiger partial charge in [-0.05, 0) is 32.7 Å². The molecule has 6 nitrogen and oxygen atoms in total. The molecule has 1 aliphatic heterocycles. The minimum Gasteiger partial charge on any atom is -0.342 e.